The summed E-state index contributed by atoms with van der Waals surface area (Å²) in [5.41, 5.74) is 1.18. The van der Waals surface area contributed by atoms with E-state index >= 15 is 4.39 Å². The average Bonchev–Trinajstić information content (AvgIpc) is 3.30. The molecule has 0 spiro atoms. The molecule has 3 N–H and O–H groups in total. The van der Waals surface area contributed by atoms with Crippen LogP contribution in [0.1, 0.15) is 72.3 Å². The highest BCUT2D eigenvalue weighted by molar-refractivity contribution is 5.83. The van der Waals surface area contributed by atoms with E-state index in [-0.39, 0.29) is 35.2 Å². The number of aromatic nitrogens is 3. The van der Waals surface area contributed by atoms with E-state index in [2.05, 4.69) is 26.0 Å². The quantitative estimate of drug-likeness (QED) is 0.302. The minimum atomic E-state index is -0.628. The van der Waals surface area contributed by atoms with Crippen LogP contribution in [0.15, 0.2) is 30.5 Å². The van der Waals surface area contributed by atoms with Crippen LogP contribution in [-0.2, 0) is 11.3 Å². The van der Waals surface area contributed by atoms with Crippen molar-refractivity contribution in [3.05, 3.63) is 41.8 Å². The second kappa shape index (κ2) is 11.9. The second-order valence-electron chi connectivity index (χ2n) is 11.2. The lowest BCUT2D eigenvalue weighted by Gasteiger charge is -2.36. The van der Waals surface area contributed by atoms with Gasteiger partial charge in [-0.05, 0) is 77.6 Å². The van der Waals surface area contributed by atoms with Gasteiger partial charge in [0.25, 0.3) is 0 Å². The number of nitrogens with one attached hydrogen (secondary N) is 3. The number of carbonyl (C=O) groups is 1. The molecule has 2 atom stereocenters. The van der Waals surface area contributed by atoms with Gasteiger partial charge in [-0.3, -0.25) is 4.68 Å². The van der Waals surface area contributed by atoms with Gasteiger partial charge in [-0.1, -0.05) is 19.3 Å². The summed E-state index contributed by atoms with van der Waals surface area (Å²) in [5, 5.41) is 24.4. The molecule has 0 saturated heterocycles. The van der Waals surface area contributed by atoms with Crippen molar-refractivity contribution in [2.24, 2.45) is 5.92 Å². The maximum absolute atomic E-state index is 15.3. The molecule has 0 radical (unpaired) electrons. The van der Waals surface area contributed by atoms with Crippen molar-refractivity contribution in [1.29, 1.82) is 5.26 Å². The molecule has 0 unspecified atom stereocenters. The number of alkyl carbamates (subject to hydrolysis) is 1. The Bertz CT molecular complexity index is 1350. The molecule has 1 fully saturated rings. The number of nitrogens with zero attached hydrogens (tertiary/aromatic N) is 4. The van der Waals surface area contributed by atoms with Crippen LogP contribution in [0.5, 0.6) is 0 Å². The molecule has 0 aliphatic heterocycles. The van der Waals surface area contributed by atoms with Crippen LogP contribution in [0.25, 0.3) is 10.9 Å². The standard InChI is InChI=1S/C29H38FN7O2/c1-6-37-24-13-12-22(14-21(24)17-32-37)34-26-20(16-31)15-23(30)27(36-26)35-25(19-10-8-7-9-11-19)18(2)33-28(38)39-29(3,4)5/h12-15,17-19,25H,6-11H2,1-5H3,(H,33,38)(H2,34,35,36)/t18-,25-/m0/s1. The number of benzene rings is 1. The number of fused-ring (bicyclic) bond motifs is 1. The Labute approximate surface area is 229 Å². The Balaban J connectivity index is 1.60. The first-order valence-electron chi connectivity index (χ1n) is 13.7. The molecular weight excluding hydrogens is 497 g/mol. The van der Waals surface area contributed by atoms with Gasteiger partial charge in [-0.2, -0.15) is 10.4 Å². The molecule has 3 aromatic rings. The Morgan fingerprint density at radius 1 is 1.23 bits per heavy atom. The number of hydrogen-bond donors (Lipinski definition) is 3. The van der Waals surface area contributed by atoms with Gasteiger partial charge < -0.3 is 20.7 Å². The lowest BCUT2D eigenvalue weighted by atomic mass is 9.81. The fourth-order valence-electron chi connectivity index (χ4n) is 5.21. The first-order chi connectivity index (χ1) is 18.6. The Morgan fingerprint density at radius 2 is 1.97 bits per heavy atom. The fraction of sp³-hybridized carbons (Fsp3) is 0.517. The van der Waals surface area contributed by atoms with Crippen LogP contribution in [0.3, 0.4) is 0 Å². The third-order valence-electron chi connectivity index (χ3n) is 7.04. The summed E-state index contributed by atoms with van der Waals surface area (Å²) < 4.78 is 22.6. The minimum Gasteiger partial charge on any atom is -0.444 e. The van der Waals surface area contributed by atoms with Gasteiger partial charge in [0, 0.05) is 23.7 Å². The topological polar surface area (TPSA) is 117 Å². The molecule has 2 heterocycles. The molecule has 39 heavy (non-hydrogen) atoms. The monoisotopic (exact) mass is 535 g/mol. The molecule has 2 aromatic heterocycles. The van der Waals surface area contributed by atoms with E-state index in [0.717, 1.165) is 49.6 Å². The van der Waals surface area contributed by atoms with Crippen LogP contribution < -0.4 is 16.0 Å². The van der Waals surface area contributed by atoms with E-state index in [4.69, 9.17) is 4.74 Å². The highest BCUT2D eigenvalue weighted by Gasteiger charge is 2.31. The molecule has 4 rings (SSSR count). The molecule has 1 amide bonds. The van der Waals surface area contributed by atoms with E-state index in [0.29, 0.717) is 5.69 Å². The van der Waals surface area contributed by atoms with Crippen LogP contribution >= 0.6 is 0 Å². The third kappa shape index (κ3) is 6.96. The lowest BCUT2D eigenvalue weighted by molar-refractivity contribution is 0.0495. The van der Waals surface area contributed by atoms with E-state index in [9.17, 15) is 10.1 Å². The smallest absolute Gasteiger partial charge is 0.407 e. The first kappa shape index (κ1) is 28.1. The number of nitriles is 1. The number of carbonyl (C=O) groups excluding carboxylic acids is 1. The highest BCUT2D eigenvalue weighted by Crippen LogP contribution is 2.32. The van der Waals surface area contributed by atoms with Gasteiger partial charge in [0.1, 0.15) is 11.7 Å². The number of rotatable bonds is 8. The van der Waals surface area contributed by atoms with Gasteiger partial charge in [0.2, 0.25) is 0 Å². The molecule has 208 valence electrons. The molecule has 1 aliphatic rings. The lowest BCUT2D eigenvalue weighted by Crippen LogP contribution is -2.50. The number of amides is 1. The zero-order valence-corrected chi connectivity index (χ0v) is 23.3. The number of halogens is 1. The fourth-order valence-corrected chi connectivity index (χ4v) is 5.21. The predicted molar refractivity (Wildman–Crippen MR) is 150 cm³/mol. The second-order valence-corrected chi connectivity index (χ2v) is 11.2. The van der Waals surface area contributed by atoms with E-state index in [1.165, 1.54) is 6.07 Å². The van der Waals surface area contributed by atoms with Crippen molar-refractivity contribution in [3.8, 4) is 6.07 Å². The van der Waals surface area contributed by atoms with E-state index < -0.39 is 17.5 Å². The summed E-state index contributed by atoms with van der Waals surface area (Å²) in [6.45, 7) is 10.1. The molecule has 1 aliphatic carbocycles. The van der Waals surface area contributed by atoms with Gasteiger partial charge in [-0.15, -0.1) is 0 Å². The predicted octanol–water partition coefficient (Wildman–Crippen LogP) is 6.48. The van der Waals surface area contributed by atoms with Gasteiger partial charge in [0.05, 0.1) is 23.3 Å². The van der Waals surface area contributed by atoms with Crippen LogP contribution in [-0.4, -0.2) is 38.5 Å². The maximum Gasteiger partial charge on any atom is 0.407 e. The summed E-state index contributed by atoms with van der Waals surface area (Å²) in [7, 11) is 0. The van der Waals surface area contributed by atoms with Crippen LogP contribution in [0, 0.1) is 23.1 Å². The number of pyridine rings is 1. The van der Waals surface area contributed by atoms with Gasteiger partial charge in [0.15, 0.2) is 17.5 Å². The van der Waals surface area contributed by atoms with Crippen molar-refractivity contribution in [2.75, 3.05) is 10.6 Å². The van der Waals surface area contributed by atoms with Crippen molar-refractivity contribution >= 4 is 34.3 Å². The zero-order chi connectivity index (χ0) is 28.2. The highest BCUT2D eigenvalue weighted by atomic mass is 19.1. The summed E-state index contributed by atoms with van der Waals surface area (Å²) in [4.78, 5) is 17.0. The number of ether oxygens (including phenoxy) is 1. The summed E-state index contributed by atoms with van der Waals surface area (Å²) >= 11 is 0. The average molecular weight is 536 g/mol. The molecule has 9 nitrogen and oxygen atoms in total. The minimum absolute atomic E-state index is 0.0322. The van der Waals surface area contributed by atoms with E-state index in [1.807, 2.05) is 63.6 Å². The van der Waals surface area contributed by atoms with Crippen molar-refractivity contribution < 1.29 is 13.9 Å². The Hall–Kier alpha value is -3.87. The number of aryl methyl sites for hydroxylation is 1. The first-order valence-corrected chi connectivity index (χ1v) is 13.7. The molecule has 0 bridgehead atoms. The van der Waals surface area contributed by atoms with Gasteiger partial charge in [-0.25, -0.2) is 14.2 Å². The normalized spacial score (nSPS) is 15.8. The van der Waals surface area contributed by atoms with E-state index in [1.54, 1.807) is 6.20 Å². The Morgan fingerprint density at radius 3 is 2.64 bits per heavy atom. The van der Waals surface area contributed by atoms with Crippen LogP contribution in [0.2, 0.25) is 0 Å². The van der Waals surface area contributed by atoms with Crippen molar-refractivity contribution in [3.63, 3.8) is 0 Å². The molecule has 1 aromatic carbocycles. The van der Waals surface area contributed by atoms with Crippen molar-refractivity contribution in [2.45, 2.75) is 91.0 Å². The SMILES string of the molecule is CCn1ncc2cc(Nc3nc(N[C@H](C4CCCCC4)[C@H](C)NC(=O)OC(C)(C)C)c(F)cc3C#N)ccc21. The summed E-state index contributed by atoms with van der Waals surface area (Å²) in [6.07, 6.45) is 6.52. The number of hydrogen-bond acceptors (Lipinski definition) is 7. The summed E-state index contributed by atoms with van der Waals surface area (Å²) in [5.74, 6) is -0.125. The maximum atomic E-state index is 15.3. The Kier molecular flexibility index (Phi) is 8.58. The number of anilines is 3. The summed E-state index contributed by atoms with van der Waals surface area (Å²) in [6, 6.07) is 8.35. The molecule has 10 heteroatoms. The molecule has 1 saturated carbocycles. The zero-order valence-electron chi connectivity index (χ0n) is 23.3. The third-order valence-corrected chi connectivity index (χ3v) is 7.04. The van der Waals surface area contributed by atoms with Gasteiger partial charge >= 0.3 is 6.09 Å². The van der Waals surface area contributed by atoms with Crippen molar-refractivity contribution in [1.82, 2.24) is 20.1 Å². The van der Waals surface area contributed by atoms with Crippen LogP contribution in [0.4, 0.5) is 26.5 Å². The molecular formula is C29H38FN7O2. The largest absolute Gasteiger partial charge is 0.444 e.